The SMILES string of the molecule is CCOC(=O)[C@H]1CCNC[C@H]1C(C)C. The Morgan fingerprint density at radius 2 is 2.29 bits per heavy atom. The predicted molar refractivity (Wildman–Crippen MR) is 55.9 cm³/mol. The molecule has 1 fully saturated rings. The van der Waals surface area contributed by atoms with E-state index in [2.05, 4.69) is 19.2 Å². The van der Waals surface area contributed by atoms with Crippen molar-refractivity contribution in [2.45, 2.75) is 27.2 Å². The number of hydrogen-bond donors (Lipinski definition) is 1. The van der Waals surface area contributed by atoms with Crippen molar-refractivity contribution in [3.05, 3.63) is 0 Å². The van der Waals surface area contributed by atoms with Gasteiger partial charge in [0.1, 0.15) is 0 Å². The number of piperidine rings is 1. The van der Waals surface area contributed by atoms with Crippen LogP contribution in [0.1, 0.15) is 27.2 Å². The smallest absolute Gasteiger partial charge is 0.309 e. The Labute approximate surface area is 86.2 Å². The molecular formula is C11H21NO2. The molecule has 3 heteroatoms. The van der Waals surface area contributed by atoms with E-state index in [0.717, 1.165) is 19.5 Å². The number of rotatable bonds is 3. The molecule has 1 rings (SSSR count). The Balaban J connectivity index is 2.57. The molecule has 0 aromatic rings. The Morgan fingerprint density at radius 3 is 2.86 bits per heavy atom. The van der Waals surface area contributed by atoms with Crippen LogP contribution in [0.2, 0.25) is 0 Å². The van der Waals surface area contributed by atoms with Gasteiger partial charge in [0.15, 0.2) is 0 Å². The van der Waals surface area contributed by atoms with E-state index in [0.29, 0.717) is 18.4 Å². The first kappa shape index (κ1) is 11.5. The molecule has 82 valence electrons. The average molecular weight is 199 g/mol. The second kappa shape index (κ2) is 5.35. The van der Waals surface area contributed by atoms with Crippen LogP contribution in [-0.2, 0) is 9.53 Å². The van der Waals surface area contributed by atoms with E-state index < -0.39 is 0 Å². The zero-order valence-electron chi connectivity index (χ0n) is 9.38. The molecule has 0 spiro atoms. The number of ether oxygens (including phenoxy) is 1. The third-order valence-electron chi connectivity index (χ3n) is 2.97. The number of hydrogen-bond acceptors (Lipinski definition) is 3. The standard InChI is InChI=1S/C11H21NO2/c1-4-14-11(13)9-5-6-12-7-10(9)8(2)3/h8-10,12H,4-7H2,1-3H3/t9-,10-/m0/s1. The minimum atomic E-state index is -0.00676. The van der Waals surface area contributed by atoms with Crippen LogP contribution in [0.15, 0.2) is 0 Å². The summed E-state index contributed by atoms with van der Waals surface area (Å²) in [6.07, 6.45) is 0.918. The molecule has 0 saturated carbocycles. The summed E-state index contributed by atoms with van der Waals surface area (Å²) in [4.78, 5) is 11.7. The van der Waals surface area contributed by atoms with Crippen LogP contribution < -0.4 is 5.32 Å². The maximum atomic E-state index is 11.7. The number of carbonyl (C=O) groups is 1. The first-order valence-corrected chi connectivity index (χ1v) is 5.54. The number of nitrogens with one attached hydrogen (secondary N) is 1. The second-order valence-electron chi connectivity index (χ2n) is 4.26. The Morgan fingerprint density at radius 1 is 1.57 bits per heavy atom. The van der Waals surface area contributed by atoms with Crippen LogP contribution in [-0.4, -0.2) is 25.7 Å². The van der Waals surface area contributed by atoms with E-state index in [1.165, 1.54) is 0 Å². The molecule has 2 atom stereocenters. The highest BCUT2D eigenvalue weighted by Gasteiger charge is 2.33. The number of carbonyl (C=O) groups excluding carboxylic acids is 1. The minimum Gasteiger partial charge on any atom is -0.466 e. The summed E-state index contributed by atoms with van der Waals surface area (Å²) in [5.74, 6) is 1.07. The van der Waals surface area contributed by atoms with Gasteiger partial charge in [-0.15, -0.1) is 0 Å². The fraction of sp³-hybridized carbons (Fsp3) is 0.909. The molecule has 0 bridgehead atoms. The van der Waals surface area contributed by atoms with Gasteiger partial charge in [-0.3, -0.25) is 4.79 Å². The van der Waals surface area contributed by atoms with Crippen molar-refractivity contribution in [2.75, 3.05) is 19.7 Å². The summed E-state index contributed by atoms with van der Waals surface area (Å²) >= 11 is 0. The maximum absolute atomic E-state index is 11.7. The molecule has 1 aliphatic heterocycles. The Hall–Kier alpha value is -0.570. The van der Waals surface area contributed by atoms with Crippen LogP contribution in [0.25, 0.3) is 0 Å². The monoisotopic (exact) mass is 199 g/mol. The lowest BCUT2D eigenvalue weighted by Crippen LogP contribution is -2.43. The minimum absolute atomic E-state index is 0.00676. The fourth-order valence-electron chi connectivity index (χ4n) is 2.12. The molecular weight excluding hydrogens is 178 g/mol. The largest absolute Gasteiger partial charge is 0.466 e. The van der Waals surface area contributed by atoms with Gasteiger partial charge in [0.05, 0.1) is 12.5 Å². The molecule has 0 radical (unpaired) electrons. The summed E-state index contributed by atoms with van der Waals surface area (Å²) < 4.78 is 5.10. The van der Waals surface area contributed by atoms with E-state index >= 15 is 0 Å². The molecule has 0 aromatic carbocycles. The highest BCUT2D eigenvalue weighted by molar-refractivity contribution is 5.73. The van der Waals surface area contributed by atoms with Crippen LogP contribution in [0.3, 0.4) is 0 Å². The summed E-state index contributed by atoms with van der Waals surface area (Å²) in [6, 6.07) is 0. The topological polar surface area (TPSA) is 38.3 Å². The first-order chi connectivity index (χ1) is 6.66. The third kappa shape index (κ3) is 2.71. The van der Waals surface area contributed by atoms with Crippen LogP contribution in [0.4, 0.5) is 0 Å². The van der Waals surface area contributed by atoms with Crippen molar-refractivity contribution < 1.29 is 9.53 Å². The normalized spacial score (nSPS) is 27.7. The summed E-state index contributed by atoms with van der Waals surface area (Å²) in [5.41, 5.74) is 0. The lowest BCUT2D eigenvalue weighted by atomic mass is 9.79. The van der Waals surface area contributed by atoms with Crippen LogP contribution >= 0.6 is 0 Å². The van der Waals surface area contributed by atoms with Gasteiger partial charge in [0, 0.05) is 0 Å². The van der Waals surface area contributed by atoms with Gasteiger partial charge < -0.3 is 10.1 Å². The van der Waals surface area contributed by atoms with Crippen molar-refractivity contribution in [2.24, 2.45) is 17.8 Å². The van der Waals surface area contributed by atoms with Gasteiger partial charge in [-0.1, -0.05) is 13.8 Å². The molecule has 1 N–H and O–H groups in total. The molecule has 0 amide bonds. The van der Waals surface area contributed by atoms with Crippen molar-refractivity contribution in [1.29, 1.82) is 0 Å². The molecule has 1 aliphatic rings. The van der Waals surface area contributed by atoms with Crippen LogP contribution in [0, 0.1) is 17.8 Å². The van der Waals surface area contributed by atoms with Crippen molar-refractivity contribution in [3.8, 4) is 0 Å². The molecule has 1 saturated heterocycles. The molecule has 0 aromatic heterocycles. The molecule has 0 unspecified atom stereocenters. The molecule has 0 aliphatic carbocycles. The summed E-state index contributed by atoms with van der Waals surface area (Å²) in [5, 5.41) is 3.34. The van der Waals surface area contributed by atoms with Gasteiger partial charge in [-0.25, -0.2) is 0 Å². The third-order valence-corrected chi connectivity index (χ3v) is 2.97. The zero-order chi connectivity index (χ0) is 10.6. The first-order valence-electron chi connectivity index (χ1n) is 5.54. The van der Waals surface area contributed by atoms with Crippen LogP contribution in [0.5, 0.6) is 0 Å². The molecule has 3 nitrogen and oxygen atoms in total. The lowest BCUT2D eigenvalue weighted by Gasteiger charge is -2.33. The second-order valence-corrected chi connectivity index (χ2v) is 4.26. The van der Waals surface area contributed by atoms with E-state index in [1.807, 2.05) is 6.92 Å². The number of esters is 1. The van der Waals surface area contributed by atoms with Gasteiger partial charge in [-0.2, -0.15) is 0 Å². The highest BCUT2D eigenvalue weighted by Crippen LogP contribution is 2.27. The van der Waals surface area contributed by atoms with Crippen molar-refractivity contribution in [1.82, 2.24) is 5.32 Å². The zero-order valence-corrected chi connectivity index (χ0v) is 9.38. The predicted octanol–water partition coefficient (Wildman–Crippen LogP) is 1.43. The van der Waals surface area contributed by atoms with E-state index in [9.17, 15) is 4.79 Å². The van der Waals surface area contributed by atoms with E-state index in [-0.39, 0.29) is 11.9 Å². The van der Waals surface area contributed by atoms with Gasteiger partial charge in [0.25, 0.3) is 0 Å². The molecule has 14 heavy (non-hydrogen) atoms. The Kier molecular flexibility index (Phi) is 4.39. The van der Waals surface area contributed by atoms with Crippen molar-refractivity contribution in [3.63, 3.8) is 0 Å². The maximum Gasteiger partial charge on any atom is 0.309 e. The fourth-order valence-corrected chi connectivity index (χ4v) is 2.12. The summed E-state index contributed by atoms with van der Waals surface area (Å²) in [7, 11) is 0. The van der Waals surface area contributed by atoms with Gasteiger partial charge >= 0.3 is 5.97 Å². The summed E-state index contributed by atoms with van der Waals surface area (Å²) in [6.45, 7) is 8.58. The Bertz CT molecular complexity index is 192. The highest BCUT2D eigenvalue weighted by atomic mass is 16.5. The van der Waals surface area contributed by atoms with E-state index in [1.54, 1.807) is 0 Å². The average Bonchev–Trinajstić information content (AvgIpc) is 2.18. The van der Waals surface area contributed by atoms with Crippen molar-refractivity contribution >= 4 is 5.97 Å². The van der Waals surface area contributed by atoms with Gasteiger partial charge in [0.2, 0.25) is 0 Å². The lowest BCUT2D eigenvalue weighted by molar-refractivity contribution is -0.151. The van der Waals surface area contributed by atoms with Gasteiger partial charge in [-0.05, 0) is 38.3 Å². The van der Waals surface area contributed by atoms with E-state index in [4.69, 9.17) is 4.74 Å². The quantitative estimate of drug-likeness (QED) is 0.699. The molecule has 1 heterocycles.